The summed E-state index contributed by atoms with van der Waals surface area (Å²) < 4.78 is 5.00. The fourth-order valence-corrected chi connectivity index (χ4v) is 2.67. The van der Waals surface area contributed by atoms with E-state index >= 15 is 0 Å². The Hall–Kier alpha value is -1.50. The third-order valence-electron chi connectivity index (χ3n) is 3.97. The molecule has 1 aromatic carbocycles. The topological polar surface area (TPSA) is 90.8 Å². The van der Waals surface area contributed by atoms with Gasteiger partial charge in [0.25, 0.3) is 0 Å². The molecule has 130 valence electrons. The summed E-state index contributed by atoms with van der Waals surface area (Å²) in [5.41, 5.74) is 0.894. The van der Waals surface area contributed by atoms with Crippen molar-refractivity contribution in [3.05, 3.63) is 23.8 Å². The molecule has 0 aliphatic carbocycles. The Labute approximate surface area is 142 Å². The number of carbonyl (C=O) groups excluding carboxylic acids is 1. The van der Waals surface area contributed by atoms with E-state index in [0.717, 1.165) is 24.9 Å². The normalized spacial score (nSPS) is 18.1. The van der Waals surface area contributed by atoms with E-state index in [4.69, 9.17) is 4.74 Å². The lowest BCUT2D eigenvalue weighted by atomic mass is 9.99. The zero-order chi connectivity index (χ0) is 15.9. The number of hydrogen-bond donors (Lipinski definition) is 4. The third kappa shape index (κ3) is 5.57. The van der Waals surface area contributed by atoms with Crippen molar-refractivity contribution >= 4 is 18.3 Å². The van der Waals surface area contributed by atoms with Crippen molar-refractivity contribution in [2.75, 3.05) is 26.8 Å². The van der Waals surface area contributed by atoms with Crippen LogP contribution in [0.5, 0.6) is 11.5 Å². The molecule has 1 aliphatic rings. The Balaban J connectivity index is 0.00000264. The van der Waals surface area contributed by atoms with E-state index in [1.165, 1.54) is 7.11 Å². The molecule has 1 saturated heterocycles. The van der Waals surface area contributed by atoms with E-state index in [1.54, 1.807) is 12.1 Å². The van der Waals surface area contributed by atoms with Crippen LogP contribution in [0.3, 0.4) is 0 Å². The summed E-state index contributed by atoms with van der Waals surface area (Å²) >= 11 is 0. The fraction of sp³-hybridized carbons (Fsp3) is 0.562. The number of aromatic hydroxyl groups is 1. The van der Waals surface area contributed by atoms with Gasteiger partial charge in [-0.25, -0.2) is 0 Å². The minimum atomic E-state index is -0.107. The zero-order valence-corrected chi connectivity index (χ0v) is 14.1. The van der Waals surface area contributed by atoms with E-state index in [1.807, 2.05) is 6.07 Å². The molecule has 1 heterocycles. The Kier molecular flexibility index (Phi) is 8.16. The molecule has 23 heavy (non-hydrogen) atoms. The predicted octanol–water partition coefficient (Wildman–Crippen LogP) is 0.842. The molecule has 0 radical (unpaired) electrons. The number of aliphatic hydroxyl groups excluding tert-OH is 1. The lowest BCUT2D eigenvalue weighted by molar-refractivity contribution is -0.123. The van der Waals surface area contributed by atoms with Gasteiger partial charge < -0.3 is 25.6 Å². The summed E-state index contributed by atoms with van der Waals surface area (Å²) in [6, 6.07) is 5.06. The highest BCUT2D eigenvalue weighted by molar-refractivity contribution is 5.85. The largest absolute Gasteiger partial charge is 0.504 e. The predicted molar refractivity (Wildman–Crippen MR) is 90.2 cm³/mol. The Morgan fingerprint density at radius 2 is 2.30 bits per heavy atom. The molecule has 0 spiro atoms. The van der Waals surface area contributed by atoms with Gasteiger partial charge in [0.1, 0.15) is 0 Å². The average Bonchev–Trinajstić information content (AvgIpc) is 3.05. The van der Waals surface area contributed by atoms with Gasteiger partial charge >= 0.3 is 0 Å². The number of amides is 1. The van der Waals surface area contributed by atoms with Crippen LogP contribution in [-0.4, -0.2) is 49.0 Å². The zero-order valence-electron chi connectivity index (χ0n) is 13.2. The number of aliphatic hydroxyl groups is 1. The quantitative estimate of drug-likeness (QED) is 0.588. The minimum absolute atomic E-state index is 0. The molecule has 6 nitrogen and oxygen atoms in total. The van der Waals surface area contributed by atoms with Crippen LogP contribution in [-0.2, 0) is 11.2 Å². The number of halogens is 1. The summed E-state index contributed by atoms with van der Waals surface area (Å²) in [4.78, 5) is 11.9. The number of hydrogen-bond acceptors (Lipinski definition) is 5. The number of benzene rings is 1. The Morgan fingerprint density at radius 1 is 1.52 bits per heavy atom. The van der Waals surface area contributed by atoms with Crippen LogP contribution in [0.1, 0.15) is 18.4 Å². The van der Waals surface area contributed by atoms with Crippen LogP contribution in [0.25, 0.3) is 0 Å². The van der Waals surface area contributed by atoms with Crippen molar-refractivity contribution in [2.45, 2.75) is 25.3 Å². The molecule has 7 heteroatoms. The molecule has 1 aromatic rings. The average molecular weight is 345 g/mol. The molecule has 1 fully saturated rings. The highest BCUT2D eigenvalue weighted by atomic mass is 35.5. The summed E-state index contributed by atoms with van der Waals surface area (Å²) in [7, 11) is 1.50. The number of phenolic OH excluding ortho intramolecular Hbond substituents is 1. The molecule has 0 saturated carbocycles. The van der Waals surface area contributed by atoms with Crippen molar-refractivity contribution in [1.82, 2.24) is 10.6 Å². The van der Waals surface area contributed by atoms with E-state index in [0.29, 0.717) is 18.7 Å². The van der Waals surface area contributed by atoms with Gasteiger partial charge in [-0.05, 0) is 43.5 Å². The first kappa shape index (κ1) is 19.5. The fourth-order valence-electron chi connectivity index (χ4n) is 2.67. The second kappa shape index (κ2) is 9.60. The van der Waals surface area contributed by atoms with E-state index < -0.39 is 0 Å². The number of nitrogens with one attached hydrogen (secondary N) is 2. The first-order valence-corrected chi connectivity index (χ1v) is 7.62. The van der Waals surface area contributed by atoms with Crippen LogP contribution in [0.15, 0.2) is 18.2 Å². The molecule has 1 aliphatic heterocycles. The van der Waals surface area contributed by atoms with Crippen molar-refractivity contribution in [1.29, 1.82) is 0 Å². The second-order valence-electron chi connectivity index (χ2n) is 5.65. The molecule has 0 aromatic heterocycles. The Morgan fingerprint density at radius 3 is 2.87 bits per heavy atom. The molecule has 2 unspecified atom stereocenters. The summed E-state index contributed by atoms with van der Waals surface area (Å²) in [6.07, 6.45) is 2.46. The molecular weight excluding hydrogens is 320 g/mol. The van der Waals surface area contributed by atoms with Gasteiger partial charge in [-0.15, -0.1) is 12.4 Å². The molecule has 2 atom stereocenters. The van der Waals surface area contributed by atoms with E-state index in [-0.39, 0.29) is 42.6 Å². The van der Waals surface area contributed by atoms with E-state index in [9.17, 15) is 15.0 Å². The van der Waals surface area contributed by atoms with Crippen molar-refractivity contribution in [2.24, 2.45) is 5.92 Å². The first-order valence-electron chi connectivity index (χ1n) is 7.62. The van der Waals surface area contributed by atoms with Gasteiger partial charge in [0.2, 0.25) is 5.91 Å². The van der Waals surface area contributed by atoms with Crippen molar-refractivity contribution in [3.8, 4) is 11.5 Å². The number of phenols is 1. The van der Waals surface area contributed by atoms with Crippen LogP contribution < -0.4 is 15.4 Å². The van der Waals surface area contributed by atoms with Crippen molar-refractivity contribution < 1.29 is 19.7 Å². The molecule has 1 amide bonds. The van der Waals surface area contributed by atoms with Gasteiger partial charge in [-0.1, -0.05) is 6.07 Å². The maximum absolute atomic E-state index is 11.9. The Bertz CT molecular complexity index is 507. The molecular formula is C16H25ClN2O4. The standard InChI is InChI=1S/C16H24N2O4.ClH/c1-22-15-5-4-11(8-14(15)20)7-12(10-19)9-18-16(21)13-3-2-6-17-13;/h4-5,8,12-13,17,19-20H,2-3,6-7,9-10H2,1H3,(H,18,21);1H. The first-order chi connectivity index (χ1) is 10.6. The molecule has 4 N–H and O–H groups in total. The lowest BCUT2D eigenvalue weighted by Crippen LogP contribution is -2.42. The van der Waals surface area contributed by atoms with Gasteiger partial charge in [0, 0.05) is 19.1 Å². The number of methoxy groups -OCH3 is 1. The highest BCUT2D eigenvalue weighted by Gasteiger charge is 2.22. The van der Waals surface area contributed by atoms with Crippen LogP contribution in [0.4, 0.5) is 0 Å². The smallest absolute Gasteiger partial charge is 0.237 e. The summed E-state index contributed by atoms with van der Waals surface area (Å²) in [5, 5.41) is 25.3. The number of ether oxygens (including phenoxy) is 1. The number of carbonyl (C=O) groups is 1. The minimum Gasteiger partial charge on any atom is -0.504 e. The molecule has 0 bridgehead atoms. The van der Waals surface area contributed by atoms with Crippen LogP contribution in [0, 0.1) is 5.92 Å². The SMILES string of the molecule is COc1ccc(CC(CO)CNC(=O)C2CCCN2)cc1O.Cl. The maximum atomic E-state index is 11.9. The highest BCUT2D eigenvalue weighted by Crippen LogP contribution is 2.27. The summed E-state index contributed by atoms with van der Waals surface area (Å²) in [6.45, 7) is 1.28. The van der Waals surface area contributed by atoms with Gasteiger partial charge in [-0.2, -0.15) is 0 Å². The van der Waals surface area contributed by atoms with Gasteiger partial charge in [-0.3, -0.25) is 4.79 Å². The van der Waals surface area contributed by atoms with Crippen LogP contribution in [0.2, 0.25) is 0 Å². The van der Waals surface area contributed by atoms with Gasteiger partial charge in [0.15, 0.2) is 11.5 Å². The van der Waals surface area contributed by atoms with E-state index in [2.05, 4.69) is 10.6 Å². The molecule has 2 rings (SSSR count). The lowest BCUT2D eigenvalue weighted by Gasteiger charge is -2.17. The van der Waals surface area contributed by atoms with Crippen molar-refractivity contribution in [3.63, 3.8) is 0 Å². The number of rotatable bonds is 7. The van der Waals surface area contributed by atoms with Gasteiger partial charge in [0.05, 0.1) is 13.2 Å². The van der Waals surface area contributed by atoms with Crippen LogP contribution >= 0.6 is 12.4 Å². The third-order valence-corrected chi connectivity index (χ3v) is 3.97. The summed E-state index contributed by atoms with van der Waals surface area (Å²) in [5.74, 6) is 0.410. The second-order valence-corrected chi connectivity index (χ2v) is 5.65. The maximum Gasteiger partial charge on any atom is 0.237 e. The monoisotopic (exact) mass is 344 g/mol.